The predicted octanol–water partition coefficient (Wildman–Crippen LogP) is 2.48. The second-order valence-corrected chi connectivity index (χ2v) is 9.86. The minimum absolute atomic E-state index is 0.0615. The van der Waals surface area contributed by atoms with Gasteiger partial charge in [-0.15, -0.1) is 0 Å². The summed E-state index contributed by atoms with van der Waals surface area (Å²) < 4.78 is 0. The van der Waals surface area contributed by atoms with Crippen molar-refractivity contribution in [1.82, 2.24) is 31.2 Å². The lowest BCUT2D eigenvalue weighted by molar-refractivity contribution is -0.124. The minimum atomic E-state index is -0.626. The summed E-state index contributed by atoms with van der Waals surface area (Å²) in [6.45, 7) is 8.57. The molecule has 0 radical (unpaired) electrons. The van der Waals surface area contributed by atoms with E-state index in [1.807, 2.05) is 27.7 Å². The van der Waals surface area contributed by atoms with Crippen LogP contribution in [-0.2, 0) is 9.59 Å². The number of hydrogen-bond donors (Lipinski definition) is 4. The lowest BCUT2D eigenvalue weighted by Crippen LogP contribution is -2.50. The first-order chi connectivity index (χ1) is 18.2. The van der Waals surface area contributed by atoms with Gasteiger partial charge in [0, 0.05) is 49.0 Å². The molecule has 2 rings (SSSR count). The summed E-state index contributed by atoms with van der Waals surface area (Å²) in [5.41, 5.74) is 0.919. The molecule has 2 atom stereocenters. The van der Waals surface area contributed by atoms with E-state index in [1.54, 1.807) is 24.3 Å². The molecule has 0 saturated heterocycles. The molecule has 0 fully saturated rings. The molecule has 0 saturated carbocycles. The van der Waals surface area contributed by atoms with E-state index in [0.29, 0.717) is 24.2 Å². The van der Waals surface area contributed by atoms with E-state index in [4.69, 9.17) is 0 Å². The number of carbonyl (C=O) groups is 4. The summed E-state index contributed by atoms with van der Waals surface area (Å²) in [6.07, 6.45) is 9.50. The molecule has 0 bridgehead atoms. The number of nitrogens with zero attached hydrogens (tertiary/aromatic N) is 2. The Morgan fingerprint density at radius 1 is 0.605 bits per heavy atom. The Hall–Kier alpha value is -3.82. The van der Waals surface area contributed by atoms with Gasteiger partial charge < -0.3 is 21.3 Å². The molecule has 10 nitrogen and oxygen atoms in total. The van der Waals surface area contributed by atoms with Crippen LogP contribution in [0, 0.1) is 11.8 Å². The van der Waals surface area contributed by atoms with E-state index in [2.05, 4.69) is 31.2 Å². The molecule has 206 valence electrons. The first-order valence-corrected chi connectivity index (χ1v) is 13.2. The van der Waals surface area contributed by atoms with Crippen LogP contribution >= 0.6 is 0 Å². The fraction of sp³-hybridized carbons (Fsp3) is 0.500. The van der Waals surface area contributed by atoms with Gasteiger partial charge in [0.25, 0.3) is 11.8 Å². The van der Waals surface area contributed by atoms with Crippen LogP contribution in [0.3, 0.4) is 0 Å². The molecule has 2 unspecified atom stereocenters. The Bertz CT molecular complexity index is 947. The number of carbonyl (C=O) groups excluding carboxylic acids is 4. The van der Waals surface area contributed by atoms with Gasteiger partial charge in [0.15, 0.2) is 0 Å². The number of hydrogen-bond acceptors (Lipinski definition) is 6. The third-order valence-electron chi connectivity index (χ3n) is 6.06. The number of aromatic nitrogens is 2. The standard InChI is InChI=1S/C28H40N6O4/c1-19(2)23(33-25(35)21-9-15-29-16-10-21)27(37)31-13-7-5-6-8-14-32-28(38)24(20(3)4)34-26(36)22-11-17-30-18-12-22/h9-12,15-20,23-24H,5-8,13-14H2,1-4H3,(H,31,37)(H,32,38)(H,33,35)(H,34,36). The van der Waals surface area contributed by atoms with Gasteiger partial charge in [-0.3, -0.25) is 29.1 Å². The molecule has 0 aromatic carbocycles. The van der Waals surface area contributed by atoms with Gasteiger partial charge in [0.1, 0.15) is 12.1 Å². The second kappa shape index (κ2) is 16.1. The molecule has 4 amide bonds. The highest BCUT2D eigenvalue weighted by Crippen LogP contribution is 2.07. The van der Waals surface area contributed by atoms with Crippen LogP contribution in [0.4, 0.5) is 0 Å². The quantitative estimate of drug-likeness (QED) is 0.264. The normalized spacial score (nSPS) is 12.5. The smallest absolute Gasteiger partial charge is 0.252 e. The van der Waals surface area contributed by atoms with E-state index in [9.17, 15) is 19.2 Å². The van der Waals surface area contributed by atoms with Gasteiger partial charge in [-0.2, -0.15) is 0 Å². The highest BCUT2D eigenvalue weighted by Gasteiger charge is 2.25. The van der Waals surface area contributed by atoms with E-state index in [0.717, 1.165) is 25.7 Å². The van der Waals surface area contributed by atoms with Gasteiger partial charge in [-0.25, -0.2) is 0 Å². The highest BCUT2D eigenvalue weighted by molar-refractivity contribution is 5.98. The summed E-state index contributed by atoms with van der Waals surface area (Å²) in [7, 11) is 0. The molecule has 2 aromatic rings. The monoisotopic (exact) mass is 524 g/mol. The van der Waals surface area contributed by atoms with Crippen molar-refractivity contribution in [3.8, 4) is 0 Å². The molecule has 0 aliphatic heterocycles. The fourth-order valence-electron chi connectivity index (χ4n) is 3.77. The molecule has 2 aromatic heterocycles. The van der Waals surface area contributed by atoms with Crippen molar-refractivity contribution in [2.24, 2.45) is 11.8 Å². The Labute approximate surface area is 224 Å². The van der Waals surface area contributed by atoms with E-state index in [-0.39, 0.29) is 35.5 Å². The van der Waals surface area contributed by atoms with Crippen LogP contribution in [0.15, 0.2) is 49.1 Å². The van der Waals surface area contributed by atoms with Crippen molar-refractivity contribution >= 4 is 23.6 Å². The van der Waals surface area contributed by atoms with Crippen LogP contribution in [-0.4, -0.2) is 58.8 Å². The summed E-state index contributed by atoms with van der Waals surface area (Å²) in [5.74, 6) is -1.15. The first-order valence-electron chi connectivity index (χ1n) is 13.2. The number of rotatable bonds is 15. The molecule has 0 aliphatic rings. The lowest BCUT2D eigenvalue weighted by atomic mass is 10.0. The Morgan fingerprint density at radius 3 is 1.26 bits per heavy atom. The van der Waals surface area contributed by atoms with E-state index >= 15 is 0 Å². The summed E-state index contributed by atoms with van der Waals surface area (Å²) in [4.78, 5) is 57.9. The van der Waals surface area contributed by atoms with Crippen LogP contribution in [0.2, 0.25) is 0 Å². The zero-order valence-corrected chi connectivity index (χ0v) is 22.7. The Balaban J connectivity index is 1.64. The second-order valence-electron chi connectivity index (χ2n) is 9.86. The van der Waals surface area contributed by atoms with Crippen LogP contribution in [0.25, 0.3) is 0 Å². The maximum Gasteiger partial charge on any atom is 0.252 e. The topological polar surface area (TPSA) is 142 Å². The number of nitrogens with one attached hydrogen (secondary N) is 4. The maximum atomic E-state index is 12.6. The summed E-state index contributed by atoms with van der Waals surface area (Å²) in [5, 5.41) is 11.4. The van der Waals surface area contributed by atoms with Crippen molar-refractivity contribution in [2.75, 3.05) is 13.1 Å². The molecule has 2 heterocycles. The number of pyridine rings is 2. The number of unbranched alkanes of at least 4 members (excludes halogenated alkanes) is 3. The average Bonchev–Trinajstić information content (AvgIpc) is 2.91. The molecule has 0 aliphatic carbocycles. The molecular formula is C28H40N6O4. The van der Waals surface area contributed by atoms with Crippen LogP contribution in [0.1, 0.15) is 74.1 Å². The van der Waals surface area contributed by atoms with Crippen molar-refractivity contribution in [3.63, 3.8) is 0 Å². The zero-order valence-electron chi connectivity index (χ0n) is 22.7. The molecule has 4 N–H and O–H groups in total. The minimum Gasteiger partial charge on any atom is -0.354 e. The fourth-order valence-corrected chi connectivity index (χ4v) is 3.77. The van der Waals surface area contributed by atoms with Gasteiger partial charge in [0.2, 0.25) is 11.8 Å². The first kappa shape index (κ1) is 30.4. The van der Waals surface area contributed by atoms with E-state index < -0.39 is 12.1 Å². The zero-order chi connectivity index (χ0) is 27.9. The third-order valence-corrected chi connectivity index (χ3v) is 6.06. The predicted molar refractivity (Wildman–Crippen MR) is 145 cm³/mol. The molecular weight excluding hydrogens is 484 g/mol. The van der Waals surface area contributed by atoms with Crippen molar-refractivity contribution in [1.29, 1.82) is 0 Å². The van der Waals surface area contributed by atoms with Crippen molar-refractivity contribution < 1.29 is 19.2 Å². The highest BCUT2D eigenvalue weighted by atomic mass is 16.2. The van der Waals surface area contributed by atoms with E-state index in [1.165, 1.54) is 24.8 Å². The van der Waals surface area contributed by atoms with Crippen LogP contribution < -0.4 is 21.3 Å². The summed E-state index contributed by atoms with van der Waals surface area (Å²) >= 11 is 0. The van der Waals surface area contributed by atoms with Gasteiger partial charge in [0.05, 0.1) is 0 Å². The average molecular weight is 525 g/mol. The lowest BCUT2D eigenvalue weighted by Gasteiger charge is -2.22. The maximum absolute atomic E-state index is 12.6. The SMILES string of the molecule is CC(C)C(NC(=O)c1ccncc1)C(=O)NCCCCCCNC(=O)C(NC(=O)c1ccncc1)C(C)C. The Kier molecular flexibility index (Phi) is 12.9. The van der Waals surface area contributed by atoms with Gasteiger partial charge in [-0.1, -0.05) is 40.5 Å². The Morgan fingerprint density at radius 2 is 0.947 bits per heavy atom. The van der Waals surface area contributed by atoms with Crippen LogP contribution in [0.5, 0.6) is 0 Å². The van der Waals surface area contributed by atoms with Crippen molar-refractivity contribution in [2.45, 2.75) is 65.5 Å². The third kappa shape index (κ3) is 10.3. The molecule has 10 heteroatoms. The van der Waals surface area contributed by atoms with Crippen molar-refractivity contribution in [3.05, 3.63) is 60.2 Å². The van der Waals surface area contributed by atoms with Gasteiger partial charge >= 0.3 is 0 Å². The largest absolute Gasteiger partial charge is 0.354 e. The number of amides is 4. The van der Waals surface area contributed by atoms with Gasteiger partial charge in [-0.05, 0) is 48.9 Å². The molecule has 0 spiro atoms. The summed E-state index contributed by atoms with van der Waals surface area (Å²) in [6, 6.07) is 5.17. The molecule has 38 heavy (non-hydrogen) atoms.